The quantitative estimate of drug-likeness (QED) is 0.756. The van der Waals surface area contributed by atoms with Crippen LogP contribution in [0.1, 0.15) is 18.4 Å². The van der Waals surface area contributed by atoms with Gasteiger partial charge in [0.05, 0.1) is 6.10 Å². The Bertz CT molecular complexity index is 340. The van der Waals surface area contributed by atoms with Crippen LogP contribution < -0.4 is 0 Å². The van der Waals surface area contributed by atoms with E-state index in [0.717, 1.165) is 25.3 Å². The van der Waals surface area contributed by atoms with Gasteiger partial charge in [0, 0.05) is 31.5 Å². The highest BCUT2D eigenvalue weighted by Crippen LogP contribution is 2.16. The van der Waals surface area contributed by atoms with Crippen molar-refractivity contribution in [2.75, 3.05) is 20.2 Å². The lowest BCUT2D eigenvalue weighted by Gasteiger charge is -2.20. The van der Waals surface area contributed by atoms with Crippen LogP contribution in [0, 0.1) is 0 Å². The minimum Gasteiger partial charge on any atom is -0.377 e. The SMILES string of the molecule is CN(Cc1cccnc1Cl)C[C@H]1CCCO1. The van der Waals surface area contributed by atoms with Gasteiger partial charge in [0.1, 0.15) is 5.15 Å². The summed E-state index contributed by atoms with van der Waals surface area (Å²) in [7, 11) is 2.09. The summed E-state index contributed by atoms with van der Waals surface area (Å²) in [5.74, 6) is 0. The zero-order chi connectivity index (χ0) is 11.4. The standard InChI is InChI=1S/C12H17ClN2O/c1-15(9-11-5-3-7-16-11)8-10-4-2-6-14-12(10)13/h2,4,6,11H,3,5,7-9H2,1H3/t11-/m1/s1. The Hall–Kier alpha value is -0.640. The molecule has 0 N–H and O–H groups in total. The number of aromatic nitrogens is 1. The summed E-state index contributed by atoms with van der Waals surface area (Å²) in [6, 6.07) is 3.93. The second-order valence-corrected chi connectivity index (χ2v) is 4.64. The van der Waals surface area contributed by atoms with Crippen molar-refractivity contribution in [2.24, 2.45) is 0 Å². The molecule has 3 nitrogen and oxygen atoms in total. The first-order chi connectivity index (χ1) is 7.75. The van der Waals surface area contributed by atoms with Crippen molar-refractivity contribution in [3.05, 3.63) is 29.0 Å². The van der Waals surface area contributed by atoms with Gasteiger partial charge < -0.3 is 4.74 Å². The molecule has 1 aliphatic rings. The summed E-state index contributed by atoms with van der Waals surface area (Å²) in [5.41, 5.74) is 1.07. The van der Waals surface area contributed by atoms with Crippen LogP contribution in [0.2, 0.25) is 5.15 Å². The fraction of sp³-hybridized carbons (Fsp3) is 0.583. The Labute approximate surface area is 101 Å². The van der Waals surface area contributed by atoms with Crippen LogP contribution in [0.5, 0.6) is 0 Å². The molecule has 0 radical (unpaired) electrons. The second-order valence-electron chi connectivity index (χ2n) is 4.29. The molecule has 4 heteroatoms. The molecule has 0 unspecified atom stereocenters. The van der Waals surface area contributed by atoms with Crippen LogP contribution in [0.4, 0.5) is 0 Å². The summed E-state index contributed by atoms with van der Waals surface area (Å²) in [6.07, 6.45) is 4.46. The van der Waals surface area contributed by atoms with Gasteiger partial charge in [0.2, 0.25) is 0 Å². The van der Waals surface area contributed by atoms with E-state index in [4.69, 9.17) is 16.3 Å². The average Bonchev–Trinajstić information content (AvgIpc) is 2.74. The van der Waals surface area contributed by atoms with Crippen molar-refractivity contribution >= 4 is 11.6 Å². The maximum absolute atomic E-state index is 6.02. The van der Waals surface area contributed by atoms with Crippen molar-refractivity contribution in [1.29, 1.82) is 0 Å². The van der Waals surface area contributed by atoms with Crippen LogP contribution in [-0.4, -0.2) is 36.2 Å². The molecular weight excluding hydrogens is 224 g/mol. The van der Waals surface area contributed by atoms with Crippen LogP contribution in [-0.2, 0) is 11.3 Å². The molecule has 2 heterocycles. The fourth-order valence-electron chi connectivity index (χ4n) is 2.03. The molecule has 88 valence electrons. The van der Waals surface area contributed by atoms with Gasteiger partial charge in [-0.1, -0.05) is 17.7 Å². The van der Waals surface area contributed by atoms with E-state index in [-0.39, 0.29) is 0 Å². The van der Waals surface area contributed by atoms with Gasteiger partial charge in [-0.3, -0.25) is 4.90 Å². The lowest BCUT2D eigenvalue weighted by atomic mass is 10.2. The smallest absolute Gasteiger partial charge is 0.133 e. The van der Waals surface area contributed by atoms with Gasteiger partial charge in [0.25, 0.3) is 0 Å². The van der Waals surface area contributed by atoms with Crippen molar-refractivity contribution in [3.8, 4) is 0 Å². The molecule has 0 aromatic carbocycles. The summed E-state index contributed by atoms with van der Waals surface area (Å²) >= 11 is 6.02. The van der Waals surface area contributed by atoms with Gasteiger partial charge in [-0.15, -0.1) is 0 Å². The molecule has 0 amide bonds. The molecular formula is C12H17ClN2O. The molecule has 1 aromatic heterocycles. The minimum atomic E-state index is 0.389. The van der Waals surface area contributed by atoms with Gasteiger partial charge in [-0.25, -0.2) is 4.98 Å². The molecule has 0 spiro atoms. The largest absolute Gasteiger partial charge is 0.377 e. The number of hydrogen-bond acceptors (Lipinski definition) is 3. The predicted molar refractivity (Wildman–Crippen MR) is 64.6 cm³/mol. The van der Waals surface area contributed by atoms with Crippen LogP contribution in [0.15, 0.2) is 18.3 Å². The van der Waals surface area contributed by atoms with Crippen LogP contribution in [0.3, 0.4) is 0 Å². The number of hydrogen-bond donors (Lipinski definition) is 0. The Morgan fingerprint density at radius 2 is 2.50 bits per heavy atom. The third-order valence-electron chi connectivity index (χ3n) is 2.82. The van der Waals surface area contributed by atoms with E-state index in [1.54, 1.807) is 6.20 Å². The third kappa shape index (κ3) is 3.17. The first-order valence-corrected chi connectivity index (χ1v) is 6.03. The first kappa shape index (κ1) is 11.8. The normalized spacial score (nSPS) is 20.6. The maximum atomic E-state index is 6.02. The number of rotatable bonds is 4. The molecule has 0 aliphatic carbocycles. The van der Waals surface area contributed by atoms with Crippen molar-refractivity contribution in [1.82, 2.24) is 9.88 Å². The minimum absolute atomic E-state index is 0.389. The molecule has 1 aliphatic heterocycles. The Balaban J connectivity index is 1.86. The highest BCUT2D eigenvalue weighted by atomic mass is 35.5. The molecule has 0 bridgehead atoms. The molecule has 1 saturated heterocycles. The molecule has 16 heavy (non-hydrogen) atoms. The summed E-state index contributed by atoms with van der Waals surface area (Å²) in [4.78, 5) is 6.31. The van der Waals surface area contributed by atoms with E-state index in [1.807, 2.05) is 12.1 Å². The Morgan fingerprint density at radius 3 is 3.19 bits per heavy atom. The zero-order valence-electron chi connectivity index (χ0n) is 9.53. The Kier molecular flexibility index (Phi) is 4.16. The maximum Gasteiger partial charge on any atom is 0.133 e. The lowest BCUT2D eigenvalue weighted by Crippen LogP contribution is -2.28. The van der Waals surface area contributed by atoms with Crippen molar-refractivity contribution in [2.45, 2.75) is 25.5 Å². The highest BCUT2D eigenvalue weighted by molar-refractivity contribution is 6.30. The first-order valence-electron chi connectivity index (χ1n) is 5.65. The van der Waals surface area contributed by atoms with Gasteiger partial charge in [-0.05, 0) is 26.0 Å². The van der Waals surface area contributed by atoms with Crippen molar-refractivity contribution < 1.29 is 4.74 Å². The molecule has 2 rings (SSSR count). The van der Waals surface area contributed by atoms with E-state index < -0.39 is 0 Å². The lowest BCUT2D eigenvalue weighted by molar-refractivity contribution is 0.0793. The molecule has 1 atom stereocenters. The monoisotopic (exact) mass is 240 g/mol. The number of pyridine rings is 1. The van der Waals surface area contributed by atoms with Crippen molar-refractivity contribution in [3.63, 3.8) is 0 Å². The van der Waals surface area contributed by atoms with E-state index in [1.165, 1.54) is 12.8 Å². The van der Waals surface area contributed by atoms with Crippen LogP contribution in [0.25, 0.3) is 0 Å². The summed E-state index contributed by atoms with van der Waals surface area (Å²) in [6.45, 7) is 2.70. The summed E-state index contributed by atoms with van der Waals surface area (Å²) < 4.78 is 5.60. The van der Waals surface area contributed by atoms with E-state index in [2.05, 4.69) is 16.9 Å². The van der Waals surface area contributed by atoms with E-state index >= 15 is 0 Å². The summed E-state index contributed by atoms with van der Waals surface area (Å²) in [5, 5.41) is 0.599. The average molecular weight is 241 g/mol. The van der Waals surface area contributed by atoms with Gasteiger partial charge in [-0.2, -0.15) is 0 Å². The highest BCUT2D eigenvalue weighted by Gasteiger charge is 2.17. The van der Waals surface area contributed by atoms with Gasteiger partial charge >= 0.3 is 0 Å². The molecule has 1 aromatic rings. The molecule has 0 saturated carbocycles. The number of likely N-dealkylation sites (N-methyl/N-ethyl adjacent to an activating group) is 1. The molecule has 1 fully saturated rings. The topological polar surface area (TPSA) is 25.4 Å². The number of nitrogens with zero attached hydrogens (tertiary/aromatic N) is 2. The number of ether oxygens (including phenoxy) is 1. The van der Waals surface area contributed by atoms with E-state index in [9.17, 15) is 0 Å². The predicted octanol–water partition coefficient (Wildman–Crippen LogP) is 2.35. The Morgan fingerprint density at radius 1 is 1.62 bits per heavy atom. The second kappa shape index (κ2) is 5.62. The van der Waals surface area contributed by atoms with E-state index in [0.29, 0.717) is 11.3 Å². The fourth-order valence-corrected chi connectivity index (χ4v) is 2.21. The number of halogens is 1. The zero-order valence-corrected chi connectivity index (χ0v) is 10.3. The van der Waals surface area contributed by atoms with Crippen LogP contribution >= 0.6 is 11.6 Å². The van der Waals surface area contributed by atoms with Gasteiger partial charge in [0.15, 0.2) is 0 Å². The third-order valence-corrected chi connectivity index (χ3v) is 3.16.